The lowest BCUT2D eigenvalue weighted by atomic mass is 10.5. The van der Waals surface area contributed by atoms with Crippen LogP contribution in [0.25, 0.3) is 5.65 Å². The van der Waals surface area contributed by atoms with Gasteiger partial charge in [0.05, 0.1) is 5.69 Å². The maximum absolute atomic E-state index is 10.7. The van der Waals surface area contributed by atoms with Crippen LogP contribution in [0, 0.1) is 0 Å². The highest BCUT2D eigenvalue weighted by Gasteiger charge is 2.11. The van der Waals surface area contributed by atoms with E-state index in [9.17, 15) is 4.79 Å². The first-order chi connectivity index (χ1) is 9.72. The van der Waals surface area contributed by atoms with Crippen molar-refractivity contribution in [3.05, 3.63) is 36.3 Å². The molecule has 3 aromatic heterocycles. The predicted octanol–water partition coefficient (Wildman–Crippen LogP) is 0.698. The standard InChI is InChI=1S/C11H10N6O2S/c18-10(19)6-17-11(13-14-15-17)20-7-8-5-16-4-2-1-3-9(16)12-8/h1-5H,6-7H2,(H,18,19). The summed E-state index contributed by atoms with van der Waals surface area (Å²) < 4.78 is 3.18. The number of tetrazole rings is 1. The molecule has 0 unspecified atom stereocenters. The van der Waals surface area contributed by atoms with Crippen molar-refractivity contribution >= 4 is 23.4 Å². The summed E-state index contributed by atoms with van der Waals surface area (Å²) in [6.45, 7) is -0.250. The minimum absolute atomic E-state index is 0.250. The third-order valence-electron chi connectivity index (χ3n) is 2.55. The molecule has 0 spiro atoms. The Morgan fingerprint density at radius 1 is 1.40 bits per heavy atom. The monoisotopic (exact) mass is 290 g/mol. The fourth-order valence-electron chi connectivity index (χ4n) is 1.72. The van der Waals surface area contributed by atoms with Gasteiger partial charge in [-0.1, -0.05) is 17.8 Å². The molecule has 0 aliphatic heterocycles. The molecule has 0 aliphatic carbocycles. The van der Waals surface area contributed by atoms with Crippen LogP contribution in [0.4, 0.5) is 0 Å². The number of hydrogen-bond acceptors (Lipinski definition) is 6. The highest BCUT2D eigenvalue weighted by Crippen LogP contribution is 2.19. The average Bonchev–Trinajstić information content (AvgIpc) is 3.01. The third-order valence-corrected chi connectivity index (χ3v) is 3.54. The van der Waals surface area contributed by atoms with E-state index in [1.54, 1.807) is 0 Å². The van der Waals surface area contributed by atoms with Crippen LogP contribution < -0.4 is 0 Å². The van der Waals surface area contributed by atoms with E-state index in [-0.39, 0.29) is 6.54 Å². The molecule has 1 N–H and O–H groups in total. The number of carbonyl (C=O) groups is 1. The average molecular weight is 290 g/mol. The molecule has 0 saturated carbocycles. The van der Waals surface area contributed by atoms with Gasteiger partial charge in [0.2, 0.25) is 5.16 Å². The van der Waals surface area contributed by atoms with Gasteiger partial charge in [0.15, 0.2) is 0 Å². The summed E-state index contributed by atoms with van der Waals surface area (Å²) >= 11 is 1.35. The van der Waals surface area contributed by atoms with Crippen molar-refractivity contribution in [1.82, 2.24) is 29.6 Å². The van der Waals surface area contributed by atoms with Crippen LogP contribution in [-0.4, -0.2) is 40.7 Å². The number of thioether (sulfide) groups is 1. The smallest absolute Gasteiger partial charge is 0.325 e. The van der Waals surface area contributed by atoms with Gasteiger partial charge < -0.3 is 9.51 Å². The van der Waals surface area contributed by atoms with Crippen LogP contribution in [0.1, 0.15) is 5.69 Å². The quantitative estimate of drug-likeness (QED) is 0.690. The normalized spacial score (nSPS) is 11.0. The number of fused-ring (bicyclic) bond motifs is 1. The number of carboxylic acid groups (broad SMARTS) is 1. The molecule has 0 bridgehead atoms. The largest absolute Gasteiger partial charge is 0.480 e. The number of rotatable bonds is 5. The van der Waals surface area contributed by atoms with Crippen LogP contribution in [-0.2, 0) is 17.1 Å². The number of hydrogen-bond donors (Lipinski definition) is 1. The first-order valence-corrected chi connectivity index (χ1v) is 6.74. The molecule has 3 rings (SSSR count). The van der Waals surface area contributed by atoms with E-state index in [1.807, 2.05) is 35.0 Å². The fourth-order valence-corrected chi connectivity index (χ4v) is 2.48. The van der Waals surface area contributed by atoms with Crippen LogP contribution >= 0.6 is 11.8 Å². The van der Waals surface area contributed by atoms with Crippen molar-refractivity contribution < 1.29 is 9.90 Å². The van der Waals surface area contributed by atoms with Crippen LogP contribution in [0.3, 0.4) is 0 Å². The van der Waals surface area contributed by atoms with E-state index >= 15 is 0 Å². The highest BCUT2D eigenvalue weighted by molar-refractivity contribution is 7.98. The molecular weight excluding hydrogens is 280 g/mol. The lowest BCUT2D eigenvalue weighted by Crippen LogP contribution is -2.11. The minimum Gasteiger partial charge on any atom is -0.480 e. The molecule has 102 valence electrons. The summed E-state index contributed by atoms with van der Waals surface area (Å²) in [6.07, 6.45) is 3.85. The second-order valence-electron chi connectivity index (χ2n) is 4.00. The molecular formula is C11H10N6O2S. The first kappa shape index (κ1) is 12.6. The van der Waals surface area contributed by atoms with Crippen molar-refractivity contribution in [2.45, 2.75) is 17.5 Å². The highest BCUT2D eigenvalue weighted by atomic mass is 32.2. The fraction of sp³-hybridized carbons (Fsp3) is 0.182. The van der Waals surface area contributed by atoms with E-state index < -0.39 is 5.97 Å². The van der Waals surface area contributed by atoms with Crippen molar-refractivity contribution in [3.8, 4) is 0 Å². The van der Waals surface area contributed by atoms with Gasteiger partial charge in [-0.05, 0) is 22.6 Å². The third kappa shape index (κ3) is 2.62. The summed E-state index contributed by atoms with van der Waals surface area (Å²) in [5.41, 5.74) is 1.75. The zero-order chi connectivity index (χ0) is 13.9. The number of aliphatic carboxylic acids is 1. The number of pyridine rings is 1. The van der Waals surface area contributed by atoms with E-state index in [2.05, 4.69) is 20.5 Å². The molecule has 9 heteroatoms. The molecule has 0 radical (unpaired) electrons. The van der Waals surface area contributed by atoms with Crippen LogP contribution in [0.5, 0.6) is 0 Å². The van der Waals surface area contributed by atoms with Gasteiger partial charge in [0.1, 0.15) is 12.2 Å². The molecule has 3 aromatic rings. The summed E-state index contributed by atoms with van der Waals surface area (Å²) in [5.74, 6) is -0.409. The zero-order valence-corrected chi connectivity index (χ0v) is 11.1. The van der Waals surface area contributed by atoms with E-state index in [0.29, 0.717) is 10.9 Å². The van der Waals surface area contributed by atoms with Crippen LogP contribution in [0.2, 0.25) is 0 Å². The Morgan fingerprint density at radius 2 is 2.30 bits per heavy atom. The second-order valence-corrected chi connectivity index (χ2v) is 4.94. The minimum atomic E-state index is -0.980. The Morgan fingerprint density at radius 3 is 3.10 bits per heavy atom. The maximum Gasteiger partial charge on any atom is 0.325 e. The Balaban J connectivity index is 1.73. The molecule has 0 atom stereocenters. The number of carboxylic acids is 1. The molecule has 0 aromatic carbocycles. The van der Waals surface area contributed by atoms with Gasteiger partial charge in [0, 0.05) is 18.1 Å². The Labute approximate surface area is 117 Å². The van der Waals surface area contributed by atoms with Crippen molar-refractivity contribution in [1.29, 1.82) is 0 Å². The summed E-state index contributed by atoms with van der Waals surface area (Å²) in [4.78, 5) is 15.1. The van der Waals surface area contributed by atoms with Gasteiger partial charge in [-0.2, -0.15) is 0 Å². The summed E-state index contributed by atoms with van der Waals surface area (Å²) in [6, 6.07) is 5.77. The Kier molecular flexibility index (Phi) is 3.33. The molecule has 8 nitrogen and oxygen atoms in total. The van der Waals surface area contributed by atoms with E-state index in [1.165, 1.54) is 16.4 Å². The van der Waals surface area contributed by atoms with Crippen molar-refractivity contribution in [2.24, 2.45) is 0 Å². The van der Waals surface area contributed by atoms with Gasteiger partial charge in [-0.25, -0.2) is 9.67 Å². The Hall–Kier alpha value is -2.42. The lowest BCUT2D eigenvalue weighted by molar-refractivity contribution is -0.138. The topological polar surface area (TPSA) is 98.2 Å². The second kappa shape index (κ2) is 5.29. The van der Waals surface area contributed by atoms with Gasteiger partial charge >= 0.3 is 5.97 Å². The van der Waals surface area contributed by atoms with Crippen molar-refractivity contribution in [2.75, 3.05) is 0 Å². The summed E-state index contributed by atoms with van der Waals surface area (Å²) in [5, 5.41) is 20.1. The molecule has 0 aliphatic rings. The predicted molar refractivity (Wildman–Crippen MR) is 70.2 cm³/mol. The molecule has 20 heavy (non-hydrogen) atoms. The SMILES string of the molecule is O=C(O)Cn1nnnc1SCc1cn2ccccc2n1. The Bertz CT molecular complexity index is 719. The molecule has 3 heterocycles. The molecule has 0 amide bonds. The number of aromatic nitrogens is 6. The summed E-state index contributed by atoms with van der Waals surface area (Å²) in [7, 11) is 0. The lowest BCUT2D eigenvalue weighted by Gasteiger charge is -1.99. The number of imidazole rings is 1. The van der Waals surface area contributed by atoms with Gasteiger partial charge in [-0.15, -0.1) is 5.10 Å². The first-order valence-electron chi connectivity index (χ1n) is 5.76. The molecule has 0 fully saturated rings. The number of nitrogens with zero attached hydrogens (tertiary/aromatic N) is 6. The maximum atomic E-state index is 10.7. The van der Waals surface area contributed by atoms with Gasteiger partial charge in [0.25, 0.3) is 0 Å². The van der Waals surface area contributed by atoms with E-state index in [4.69, 9.17) is 5.11 Å². The van der Waals surface area contributed by atoms with Gasteiger partial charge in [-0.3, -0.25) is 4.79 Å². The molecule has 0 saturated heterocycles. The van der Waals surface area contributed by atoms with Crippen LogP contribution in [0.15, 0.2) is 35.7 Å². The van der Waals surface area contributed by atoms with E-state index in [0.717, 1.165) is 11.3 Å². The zero-order valence-electron chi connectivity index (χ0n) is 10.2. The van der Waals surface area contributed by atoms with Crippen molar-refractivity contribution in [3.63, 3.8) is 0 Å².